The molecule has 1 amide bonds. The monoisotopic (exact) mass is 208 g/mol. The van der Waals surface area contributed by atoms with Gasteiger partial charge in [0.2, 0.25) is 0 Å². The van der Waals surface area contributed by atoms with Crippen molar-refractivity contribution in [2.24, 2.45) is 10.9 Å². The van der Waals surface area contributed by atoms with Gasteiger partial charge < -0.3 is 4.90 Å². The highest BCUT2D eigenvalue weighted by Gasteiger charge is 2.47. The zero-order valence-electron chi connectivity index (χ0n) is 9.92. The van der Waals surface area contributed by atoms with Crippen molar-refractivity contribution in [3.05, 3.63) is 0 Å². The Hall–Kier alpha value is -0.860. The molecule has 1 aliphatic carbocycles. The fourth-order valence-corrected chi connectivity index (χ4v) is 2.88. The average Bonchev–Trinajstić information content (AvgIpc) is 2.45. The first-order valence-electron chi connectivity index (χ1n) is 5.90. The summed E-state index contributed by atoms with van der Waals surface area (Å²) in [4.78, 5) is 18.5. The molecule has 15 heavy (non-hydrogen) atoms. The summed E-state index contributed by atoms with van der Waals surface area (Å²) >= 11 is 0. The Morgan fingerprint density at radius 2 is 1.93 bits per heavy atom. The van der Waals surface area contributed by atoms with Gasteiger partial charge in [0.05, 0.1) is 0 Å². The van der Waals surface area contributed by atoms with Crippen molar-refractivity contribution in [1.82, 2.24) is 4.90 Å². The lowest BCUT2D eigenvalue weighted by Gasteiger charge is -2.32. The maximum absolute atomic E-state index is 12.1. The largest absolute Gasteiger partial charge is 0.302 e. The van der Waals surface area contributed by atoms with E-state index in [-0.39, 0.29) is 5.91 Å². The number of nitrogens with zero attached hydrogens (tertiary/aromatic N) is 2. The Balaban J connectivity index is 2.22. The van der Waals surface area contributed by atoms with Gasteiger partial charge in [0, 0.05) is 7.05 Å². The molecule has 0 saturated heterocycles. The molecule has 1 heterocycles. The van der Waals surface area contributed by atoms with E-state index in [1.807, 2.05) is 20.9 Å². The first-order chi connectivity index (χ1) is 7.05. The molecule has 0 bridgehead atoms. The number of rotatable bonds is 1. The molecule has 0 aromatic heterocycles. The minimum atomic E-state index is -0.459. The van der Waals surface area contributed by atoms with E-state index in [9.17, 15) is 4.79 Å². The Labute approximate surface area is 91.6 Å². The van der Waals surface area contributed by atoms with E-state index in [0.29, 0.717) is 5.92 Å². The van der Waals surface area contributed by atoms with Crippen LogP contribution < -0.4 is 0 Å². The van der Waals surface area contributed by atoms with Crippen LogP contribution in [0, 0.1) is 5.92 Å². The third-order valence-electron chi connectivity index (χ3n) is 4.02. The highest BCUT2D eigenvalue weighted by atomic mass is 16.2. The van der Waals surface area contributed by atoms with Crippen LogP contribution in [-0.2, 0) is 4.79 Å². The second kappa shape index (κ2) is 3.62. The lowest BCUT2D eigenvalue weighted by atomic mass is 9.76. The first kappa shape index (κ1) is 10.7. The van der Waals surface area contributed by atoms with Crippen LogP contribution in [0.5, 0.6) is 0 Å². The van der Waals surface area contributed by atoms with Crippen LogP contribution in [0.2, 0.25) is 0 Å². The fraction of sp³-hybridized carbons (Fsp3) is 0.833. The number of carbonyl (C=O) groups excluding carboxylic acids is 1. The van der Waals surface area contributed by atoms with E-state index in [1.54, 1.807) is 4.90 Å². The zero-order chi connectivity index (χ0) is 11.1. The second-order valence-corrected chi connectivity index (χ2v) is 5.01. The molecular weight excluding hydrogens is 188 g/mol. The van der Waals surface area contributed by atoms with Crippen molar-refractivity contribution in [1.29, 1.82) is 0 Å². The Bertz CT molecular complexity index is 305. The molecule has 0 N–H and O–H groups in total. The van der Waals surface area contributed by atoms with E-state index in [4.69, 9.17) is 0 Å². The van der Waals surface area contributed by atoms with Crippen molar-refractivity contribution in [2.75, 3.05) is 7.05 Å². The van der Waals surface area contributed by atoms with Crippen LogP contribution in [0.25, 0.3) is 0 Å². The third kappa shape index (κ3) is 1.58. The lowest BCUT2D eigenvalue weighted by Crippen LogP contribution is -2.44. The van der Waals surface area contributed by atoms with E-state index >= 15 is 0 Å². The van der Waals surface area contributed by atoms with Crippen LogP contribution in [0.1, 0.15) is 46.0 Å². The molecule has 2 aliphatic rings. The SMILES string of the molecule is CC1=NC(C)(C2CCCCC2)C(=O)N1C. The highest BCUT2D eigenvalue weighted by Crippen LogP contribution is 2.38. The summed E-state index contributed by atoms with van der Waals surface area (Å²) in [7, 11) is 1.83. The van der Waals surface area contributed by atoms with Crippen LogP contribution in [0.15, 0.2) is 4.99 Å². The summed E-state index contributed by atoms with van der Waals surface area (Å²) in [6.45, 7) is 3.93. The van der Waals surface area contributed by atoms with Gasteiger partial charge in [-0.25, -0.2) is 0 Å². The van der Waals surface area contributed by atoms with Gasteiger partial charge in [-0.15, -0.1) is 0 Å². The standard InChI is InChI=1S/C12H20N2O/c1-9-13-12(2,11(15)14(9)3)10-7-5-4-6-8-10/h10H,4-8H2,1-3H3. The van der Waals surface area contributed by atoms with Gasteiger partial charge in [-0.05, 0) is 32.6 Å². The molecule has 1 unspecified atom stereocenters. The molecule has 1 aliphatic heterocycles. The average molecular weight is 208 g/mol. The van der Waals surface area contributed by atoms with E-state index in [1.165, 1.54) is 19.3 Å². The number of carbonyl (C=O) groups is 1. The summed E-state index contributed by atoms with van der Waals surface area (Å²) in [6.07, 6.45) is 6.15. The summed E-state index contributed by atoms with van der Waals surface area (Å²) in [5, 5.41) is 0. The number of likely N-dealkylation sites (N-methyl/N-ethyl adjacent to an activating group) is 1. The van der Waals surface area contributed by atoms with Crippen molar-refractivity contribution in [3.63, 3.8) is 0 Å². The van der Waals surface area contributed by atoms with Crippen molar-refractivity contribution in [2.45, 2.75) is 51.5 Å². The van der Waals surface area contributed by atoms with Gasteiger partial charge in [0.25, 0.3) is 5.91 Å². The van der Waals surface area contributed by atoms with Crippen LogP contribution >= 0.6 is 0 Å². The van der Waals surface area contributed by atoms with Crippen LogP contribution in [0.3, 0.4) is 0 Å². The highest BCUT2D eigenvalue weighted by molar-refractivity contribution is 6.07. The maximum Gasteiger partial charge on any atom is 0.255 e. The lowest BCUT2D eigenvalue weighted by molar-refractivity contribution is -0.131. The number of amides is 1. The normalized spacial score (nSPS) is 33.4. The molecule has 1 saturated carbocycles. The topological polar surface area (TPSA) is 32.7 Å². The minimum Gasteiger partial charge on any atom is -0.302 e. The maximum atomic E-state index is 12.1. The third-order valence-corrected chi connectivity index (χ3v) is 4.02. The van der Waals surface area contributed by atoms with Gasteiger partial charge >= 0.3 is 0 Å². The van der Waals surface area contributed by atoms with Crippen LogP contribution in [0.4, 0.5) is 0 Å². The fourth-order valence-electron chi connectivity index (χ4n) is 2.88. The summed E-state index contributed by atoms with van der Waals surface area (Å²) in [6, 6.07) is 0. The van der Waals surface area contributed by atoms with Gasteiger partial charge in [0.1, 0.15) is 11.4 Å². The summed E-state index contributed by atoms with van der Waals surface area (Å²) in [5.41, 5.74) is -0.459. The summed E-state index contributed by atoms with van der Waals surface area (Å²) < 4.78 is 0. The minimum absolute atomic E-state index is 0.187. The Kier molecular flexibility index (Phi) is 2.57. The number of aliphatic imine (C=N–C) groups is 1. The number of hydrogen-bond acceptors (Lipinski definition) is 2. The molecule has 3 nitrogen and oxygen atoms in total. The van der Waals surface area contributed by atoms with Gasteiger partial charge in [-0.1, -0.05) is 19.3 Å². The van der Waals surface area contributed by atoms with Crippen molar-refractivity contribution < 1.29 is 4.79 Å². The molecule has 0 aromatic carbocycles. The van der Waals surface area contributed by atoms with E-state index in [2.05, 4.69) is 4.99 Å². The molecule has 84 valence electrons. The smallest absolute Gasteiger partial charge is 0.255 e. The van der Waals surface area contributed by atoms with Gasteiger partial charge in [-0.2, -0.15) is 0 Å². The predicted molar refractivity (Wildman–Crippen MR) is 60.9 cm³/mol. The van der Waals surface area contributed by atoms with E-state index < -0.39 is 5.54 Å². The van der Waals surface area contributed by atoms with E-state index in [0.717, 1.165) is 18.7 Å². The molecule has 1 atom stereocenters. The first-order valence-corrected chi connectivity index (χ1v) is 5.90. The number of amidine groups is 1. The van der Waals surface area contributed by atoms with Crippen molar-refractivity contribution >= 4 is 11.7 Å². The Morgan fingerprint density at radius 1 is 1.33 bits per heavy atom. The quantitative estimate of drug-likeness (QED) is 0.650. The zero-order valence-corrected chi connectivity index (χ0v) is 9.92. The Morgan fingerprint density at radius 3 is 2.40 bits per heavy atom. The molecule has 2 rings (SSSR count). The second-order valence-electron chi connectivity index (χ2n) is 5.01. The summed E-state index contributed by atoms with van der Waals surface area (Å²) in [5.74, 6) is 1.51. The predicted octanol–water partition coefficient (Wildman–Crippen LogP) is 2.22. The molecule has 1 fully saturated rings. The van der Waals surface area contributed by atoms with Crippen molar-refractivity contribution in [3.8, 4) is 0 Å². The number of hydrogen-bond donors (Lipinski definition) is 0. The molecule has 3 heteroatoms. The van der Waals surface area contributed by atoms with Gasteiger partial charge in [0.15, 0.2) is 0 Å². The molecule has 0 radical (unpaired) electrons. The van der Waals surface area contributed by atoms with Gasteiger partial charge in [-0.3, -0.25) is 9.79 Å². The molecule has 0 aromatic rings. The molecule has 0 spiro atoms. The van der Waals surface area contributed by atoms with Crippen LogP contribution in [-0.4, -0.2) is 29.2 Å². The molecular formula is C12H20N2O.